The lowest BCUT2D eigenvalue weighted by molar-refractivity contribution is -0.159. The monoisotopic (exact) mass is 398 g/mol. The molecule has 29 heavy (non-hydrogen) atoms. The first-order valence-corrected chi connectivity index (χ1v) is 10.2. The molecule has 1 saturated heterocycles. The molecule has 3 fully saturated rings. The summed E-state index contributed by atoms with van der Waals surface area (Å²) in [5.41, 5.74) is 2.64. The smallest absolute Gasteiger partial charge is 0.329 e. The van der Waals surface area contributed by atoms with Crippen molar-refractivity contribution in [2.75, 3.05) is 11.9 Å². The van der Waals surface area contributed by atoms with E-state index in [0.29, 0.717) is 5.69 Å². The third-order valence-electron chi connectivity index (χ3n) is 6.69. The summed E-state index contributed by atoms with van der Waals surface area (Å²) in [6, 6.07) is 4.60. The highest BCUT2D eigenvalue weighted by Gasteiger charge is 2.62. The molecule has 0 spiro atoms. The van der Waals surface area contributed by atoms with Crippen LogP contribution in [0.25, 0.3) is 0 Å². The van der Waals surface area contributed by atoms with E-state index >= 15 is 0 Å². The molecule has 3 aliphatic rings. The molecule has 1 aromatic rings. The zero-order valence-electron chi connectivity index (χ0n) is 16.9. The van der Waals surface area contributed by atoms with Gasteiger partial charge in [0.2, 0.25) is 11.8 Å². The van der Waals surface area contributed by atoms with Crippen LogP contribution in [0.5, 0.6) is 0 Å². The summed E-state index contributed by atoms with van der Waals surface area (Å²) in [7, 11) is 0. The number of fused-ring (bicyclic) bond motifs is 5. The van der Waals surface area contributed by atoms with Crippen molar-refractivity contribution in [1.29, 1.82) is 0 Å². The number of amides is 3. The van der Waals surface area contributed by atoms with Crippen molar-refractivity contribution in [3.8, 4) is 0 Å². The Hall–Kier alpha value is -2.70. The van der Waals surface area contributed by atoms with E-state index in [1.165, 1.54) is 6.92 Å². The van der Waals surface area contributed by atoms with Gasteiger partial charge in [0.25, 0.3) is 5.91 Å². The van der Waals surface area contributed by atoms with Gasteiger partial charge in [-0.1, -0.05) is 17.7 Å². The molecule has 0 aromatic heterocycles. The van der Waals surface area contributed by atoms with Crippen LogP contribution in [0, 0.1) is 37.5 Å². The Balaban J connectivity index is 1.34. The number of aryl methyl sites for hydroxylation is 2. The molecule has 1 heterocycles. The second kappa shape index (κ2) is 7.28. The standard InChI is InChI=1S/C22H26N2O5/c1-11-4-7-16(12(2)8-11)23-17(25)10-29-22(28)13(3)24-20(26)18-14-5-6-15(9-14)19(18)21(24)27/h4,7-8,13-15,18-19H,5-6,9-10H2,1-3H3,(H,23,25)/t13-,14-,15-,18-,19-/m0/s1. The summed E-state index contributed by atoms with van der Waals surface area (Å²) in [5, 5.41) is 2.71. The zero-order chi connectivity index (χ0) is 20.9. The van der Waals surface area contributed by atoms with Gasteiger partial charge in [-0.2, -0.15) is 0 Å². The number of rotatable bonds is 5. The second-order valence-electron chi connectivity index (χ2n) is 8.58. The SMILES string of the molecule is Cc1ccc(NC(=O)COC(=O)[C@H](C)N2C(=O)[C@H]3[C@H]4CC[C@@H](C4)[C@@H]3C2=O)c(C)c1. The molecule has 3 amide bonds. The van der Waals surface area contributed by atoms with E-state index in [1.807, 2.05) is 26.0 Å². The minimum atomic E-state index is -1.02. The normalized spacial score (nSPS) is 28.4. The minimum absolute atomic E-state index is 0.253. The highest BCUT2D eigenvalue weighted by Crippen LogP contribution is 2.56. The van der Waals surface area contributed by atoms with Crippen LogP contribution in [0.4, 0.5) is 5.69 Å². The number of carbonyl (C=O) groups excluding carboxylic acids is 4. The van der Waals surface area contributed by atoms with Gasteiger partial charge >= 0.3 is 5.97 Å². The van der Waals surface area contributed by atoms with Gasteiger partial charge < -0.3 is 10.1 Å². The van der Waals surface area contributed by atoms with E-state index in [9.17, 15) is 19.2 Å². The first-order chi connectivity index (χ1) is 13.8. The molecule has 1 aliphatic heterocycles. The summed E-state index contributed by atoms with van der Waals surface area (Å²) in [4.78, 5) is 51.2. The molecule has 2 aliphatic carbocycles. The predicted molar refractivity (Wildman–Crippen MR) is 105 cm³/mol. The number of esters is 1. The van der Waals surface area contributed by atoms with Crippen LogP contribution in [-0.4, -0.2) is 41.2 Å². The van der Waals surface area contributed by atoms with Crippen LogP contribution in [0.15, 0.2) is 18.2 Å². The molecule has 1 N–H and O–H groups in total. The molecular formula is C22H26N2O5. The minimum Gasteiger partial charge on any atom is -0.454 e. The van der Waals surface area contributed by atoms with E-state index in [1.54, 1.807) is 6.07 Å². The second-order valence-corrected chi connectivity index (χ2v) is 8.58. The van der Waals surface area contributed by atoms with Crippen molar-refractivity contribution in [3.05, 3.63) is 29.3 Å². The van der Waals surface area contributed by atoms with Crippen molar-refractivity contribution in [3.63, 3.8) is 0 Å². The Morgan fingerprint density at radius 3 is 2.34 bits per heavy atom. The molecule has 0 unspecified atom stereocenters. The van der Waals surface area contributed by atoms with E-state index in [2.05, 4.69) is 5.32 Å². The van der Waals surface area contributed by atoms with Gasteiger partial charge in [-0.15, -0.1) is 0 Å². The number of nitrogens with one attached hydrogen (secondary N) is 1. The van der Waals surface area contributed by atoms with Crippen molar-refractivity contribution in [1.82, 2.24) is 4.90 Å². The Morgan fingerprint density at radius 1 is 1.14 bits per heavy atom. The van der Waals surface area contributed by atoms with Gasteiger partial charge in [0.05, 0.1) is 11.8 Å². The Kier molecular flexibility index (Phi) is 4.92. The van der Waals surface area contributed by atoms with Gasteiger partial charge in [0, 0.05) is 5.69 Å². The van der Waals surface area contributed by atoms with Crippen LogP contribution in [0.1, 0.15) is 37.3 Å². The van der Waals surface area contributed by atoms with E-state index < -0.39 is 24.5 Å². The molecule has 7 heteroatoms. The van der Waals surface area contributed by atoms with Crippen LogP contribution in [-0.2, 0) is 23.9 Å². The lowest BCUT2D eigenvalue weighted by atomic mass is 9.81. The van der Waals surface area contributed by atoms with Gasteiger partial charge in [-0.05, 0) is 63.5 Å². The number of imide groups is 1. The molecule has 2 saturated carbocycles. The van der Waals surface area contributed by atoms with Crippen LogP contribution in [0.3, 0.4) is 0 Å². The lowest BCUT2D eigenvalue weighted by Crippen LogP contribution is -2.45. The number of hydrogen-bond donors (Lipinski definition) is 1. The number of ether oxygens (including phenoxy) is 1. The van der Waals surface area contributed by atoms with Gasteiger partial charge in [-0.3, -0.25) is 19.3 Å². The first kappa shape index (κ1) is 19.6. The molecule has 154 valence electrons. The zero-order valence-corrected chi connectivity index (χ0v) is 16.9. The fourth-order valence-corrected chi connectivity index (χ4v) is 5.32. The quantitative estimate of drug-likeness (QED) is 0.606. The van der Waals surface area contributed by atoms with Crippen LogP contribution in [0.2, 0.25) is 0 Å². The number of nitrogens with zero attached hydrogens (tertiary/aromatic N) is 1. The maximum atomic E-state index is 12.8. The van der Waals surface area contributed by atoms with Crippen molar-refractivity contribution in [2.24, 2.45) is 23.7 Å². The van der Waals surface area contributed by atoms with Crippen molar-refractivity contribution >= 4 is 29.4 Å². The largest absolute Gasteiger partial charge is 0.454 e. The predicted octanol–water partition coefficient (Wildman–Crippen LogP) is 2.20. The summed E-state index contributed by atoms with van der Waals surface area (Å²) in [5.74, 6) is -1.74. The number of carbonyl (C=O) groups is 4. The molecule has 4 rings (SSSR count). The first-order valence-electron chi connectivity index (χ1n) is 10.2. The number of hydrogen-bond acceptors (Lipinski definition) is 5. The topological polar surface area (TPSA) is 92.8 Å². The van der Waals surface area contributed by atoms with E-state index in [4.69, 9.17) is 4.74 Å². The summed E-state index contributed by atoms with van der Waals surface area (Å²) in [6.07, 6.45) is 2.91. The van der Waals surface area contributed by atoms with E-state index in [0.717, 1.165) is 35.3 Å². The van der Waals surface area contributed by atoms with Crippen LogP contribution >= 0.6 is 0 Å². The van der Waals surface area contributed by atoms with Crippen molar-refractivity contribution in [2.45, 2.75) is 46.1 Å². The summed E-state index contributed by atoms with van der Waals surface area (Å²) < 4.78 is 5.10. The fourth-order valence-electron chi connectivity index (χ4n) is 5.32. The molecule has 1 aromatic carbocycles. The number of anilines is 1. The fraction of sp³-hybridized carbons (Fsp3) is 0.545. The number of benzene rings is 1. The number of likely N-dealkylation sites (tertiary alicyclic amines) is 1. The van der Waals surface area contributed by atoms with Crippen molar-refractivity contribution < 1.29 is 23.9 Å². The van der Waals surface area contributed by atoms with Crippen LogP contribution < -0.4 is 5.32 Å². The third-order valence-corrected chi connectivity index (χ3v) is 6.69. The maximum Gasteiger partial charge on any atom is 0.329 e. The molecule has 5 atom stereocenters. The Labute approximate surface area is 169 Å². The third kappa shape index (κ3) is 3.32. The highest BCUT2D eigenvalue weighted by atomic mass is 16.5. The molecular weight excluding hydrogens is 372 g/mol. The van der Waals surface area contributed by atoms with Gasteiger partial charge in [-0.25, -0.2) is 4.79 Å². The molecule has 0 radical (unpaired) electrons. The maximum absolute atomic E-state index is 12.8. The summed E-state index contributed by atoms with van der Waals surface area (Å²) in [6.45, 7) is 4.86. The average molecular weight is 398 g/mol. The molecule has 7 nitrogen and oxygen atoms in total. The average Bonchev–Trinajstić information content (AvgIpc) is 3.35. The summed E-state index contributed by atoms with van der Waals surface area (Å²) >= 11 is 0. The Bertz CT molecular complexity index is 867. The lowest BCUT2D eigenvalue weighted by Gasteiger charge is -2.23. The molecule has 2 bridgehead atoms. The Morgan fingerprint density at radius 2 is 1.76 bits per heavy atom. The highest BCUT2D eigenvalue weighted by molar-refractivity contribution is 6.08. The van der Waals surface area contributed by atoms with E-state index in [-0.39, 0.29) is 35.5 Å². The van der Waals surface area contributed by atoms with Gasteiger partial charge in [0.1, 0.15) is 6.04 Å². The van der Waals surface area contributed by atoms with Gasteiger partial charge in [0.15, 0.2) is 6.61 Å².